The van der Waals surface area contributed by atoms with Gasteiger partial charge in [-0.05, 0) is 44.0 Å². The highest BCUT2D eigenvalue weighted by atomic mass is 19.4. The molecule has 2 aromatic rings. The number of aromatic hydroxyl groups is 1. The Kier molecular flexibility index (Phi) is 5.99. The van der Waals surface area contributed by atoms with Gasteiger partial charge < -0.3 is 15.5 Å². The van der Waals surface area contributed by atoms with Crippen LogP contribution in [0.5, 0.6) is 5.75 Å². The van der Waals surface area contributed by atoms with E-state index in [0.717, 1.165) is 25.9 Å². The fraction of sp³-hybridized carbons (Fsp3) is 0.500. The van der Waals surface area contributed by atoms with Gasteiger partial charge in [-0.1, -0.05) is 0 Å². The average molecular weight is 397 g/mol. The molecule has 28 heavy (non-hydrogen) atoms. The number of aromatic nitrogens is 3. The highest BCUT2D eigenvalue weighted by Crippen LogP contribution is 2.35. The van der Waals surface area contributed by atoms with E-state index < -0.39 is 17.5 Å². The van der Waals surface area contributed by atoms with Gasteiger partial charge in [0.2, 0.25) is 0 Å². The second kappa shape index (κ2) is 8.27. The molecule has 0 spiro atoms. The van der Waals surface area contributed by atoms with Crippen LogP contribution in [0.15, 0.2) is 18.3 Å². The summed E-state index contributed by atoms with van der Waals surface area (Å²) < 4.78 is 38.2. The van der Waals surface area contributed by atoms with Gasteiger partial charge in [-0.3, -0.25) is 4.90 Å². The number of rotatable bonds is 5. The third-order valence-corrected chi connectivity index (χ3v) is 4.68. The number of halogens is 3. The van der Waals surface area contributed by atoms with Crippen LogP contribution >= 0.6 is 0 Å². The maximum atomic E-state index is 12.7. The highest BCUT2D eigenvalue weighted by Gasteiger charge is 2.32. The SMILES string of the molecule is Cc1cc(NC2CCCN(CCO)C2)nnc1-c1ncc(C(F)(F)F)cc1O. The zero-order chi connectivity index (χ0) is 20.3. The number of piperidine rings is 1. The number of hydrogen-bond acceptors (Lipinski definition) is 7. The number of aliphatic hydroxyl groups excluding tert-OH is 1. The molecule has 0 radical (unpaired) electrons. The van der Waals surface area contributed by atoms with Crippen LogP contribution in [0.25, 0.3) is 11.4 Å². The largest absolute Gasteiger partial charge is 0.506 e. The van der Waals surface area contributed by atoms with Crippen LogP contribution < -0.4 is 5.32 Å². The van der Waals surface area contributed by atoms with E-state index >= 15 is 0 Å². The topological polar surface area (TPSA) is 94.4 Å². The molecule has 1 aliphatic heterocycles. The van der Waals surface area contributed by atoms with Crippen LogP contribution in [0.3, 0.4) is 0 Å². The summed E-state index contributed by atoms with van der Waals surface area (Å²) in [7, 11) is 0. The Bertz CT molecular complexity index is 829. The summed E-state index contributed by atoms with van der Waals surface area (Å²) in [6.07, 6.45) is -1.95. The van der Waals surface area contributed by atoms with Gasteiger partial charge in [0.25, 0.3) is 0 Å². The van der Waals surface area contributed by atoms with Crippen LogP contribution in [0.1, 0.15) is 24.0 Å². The van der Waals surface area contributed by atoms with Gasteiger partial charge in [0.05, 0.1) is 12.2 Å². The van der Waals surface area contributed by atoms with Crippen molar-refractivity contribution in [1.82, 2.24) is 20.1 Å². The molecule has 1 saturated heterocycles. The normalized spacial score (nSPS) is 18.2. The summed E-state index contributed by atoms with van der Waals surface area (Å²) in [4.78, 5) is 5.89. The van der Waals surface area contributed by atoms with E-state index in [9.17, 15) is 18.3 Å². The Balaban J connectivity index is 1.76. The molecule has 10 heteroatoms. The van der Waals surface area contributed by atoms with Gasteiger partial charge in [0, 0.05) is 25.3 Å². The molecule has 1 fully saturated rings. The number of likely N-dealkylation sites (tertiary alicyclic amines) is 1. The van der Waals surface area contributed by atoms with E-state index in [2.05, 4.69) is 25.4 Å². The van der Waals surface area contributed by atoms with E-state index in [1.807, 2.05) is 0 Å². The minimum absolute atomic E-state index is 0.0451. The number of nitrogens with zero attached hydrogens (tertiary/aromatic N) is 4. The first-order valence-electron chi connectivity index (χ1n) is 8.98. The molecule has 0 aromatic carbocycles. The molecular weight excluding hydrogens is 375 g/mol. The van der Waals surface area contributed by atoms with Crippen LogP contribution in [0, 0.1) is 6.92 Å². The molecule has 1 atom stereocenters. The fourth-order valence-electron chi connectivity index (χ4n) is 3.31. The van der Waals surface area contributed by atoms with E-state index in [1.165, 1.54) is 0 Å². The number of nitrogens with one attached hydrogen (secondary N) is 1. The summed E-state index contributed by atoms with van der Waals surface area (Å²) >= 11 is 0. The summed E-state index contributed by atoms with van der Waals surface area (Å²) in [6.45, 7) is 4.20. The zero-order valence-corrected chi connectivity index (χ0v) is 15.4. The Morgan fingerprint density at radius 2 is 2.04 bits per heavy atom. The van der Waals surface area contributed by atoms with E-state index in [1.54, 1.807) is 13.0 Å². The number of pyridine rings is 1. The fourth-order valence-corrected chi connectivity index (χ4v) is 3.31. The maximum Gasteiger partial charge on any atom is 0.418 e. The monoisotopic (exact) mass is 397 g/mol. The number of hydrogen-bond donors (Lipinski definition) is 3. The van der Waals surface area contributed by atoms with Crippen molar-refractivity contribution >= 4 is 5.82 Å². The standard InChI is InChI=1S/C18H22F3N5O2/c1-11-7-15(23-13-3-2-4-26(10-13)5-6-27)24-25-16(11)17-14(28)8-12(9-22-17)18(19,20)21/h7-9,13,27-28H,2-6,10H2,1H3,(H,23,24). The van der Waals surface area contributed by atoms with Crippen LogP contribution in [0.2, 0.25) is 0 Å². The first-order valence-corrected chi connectivity index (χ1v) is 8.98. The van der Waals surface area contributed by atoms with Crippen molar-refractivity contribution in [3.8, 4) is 17.1 Å². The molecule has 3 heterocycles. The maximum absolute atomic E-state index is 12.7. The van der Waals surface area contributed by atoms with E-state index in [0.29, 0.717) is 30.2 Å². The van der Waals surface area contributed by atoms with Crippen LogP contribution in [-0.2, 0) is 6.18 Å². The molecule has 3 rings (SSSR count). The van der Waals surface area contributed by atoms with E-state index in [4.69, 9.17) is 5.11 Å². The van der Waals surface area contributed by atoms with Gasteiger partial charge in [-0.25, -0.2) is 4.98 Å². The van der Waals surface area contributed by atoms with Gasteiger partial charge in [-0.2, -0.15) is 13.2 Å². The van der Waals surface area contributed by atoms with Gasteiger partial charge in [-0.15, -0.1) is 10.2 Å². The lowest BCUT2D eigenvalue weighted by molar-refractivity contribution is -0.137. The Morgan fingerprint density at radius 3 is 2.68 bits per heavy atom. The first kappa shape index (κ1) is 20.3. The zero-order valence-electron chi connectivity index (χ0n) is 15.4. The molecule has 0 bridgehead atoms. The van der Waals surface area contributed by atoms with Gasteiger partial charge in [0.15, 0.2) is 0 Å². The lowest BCUT2D eigenvalue weighted by Crippen LogP contribution is -2.43. The molecule has 1 unspecified atom stereocenters. The van der Waals surface area contributed by atoms with Crippen LogP contribution in [-0.4, -0.2) is 62.6 Å². The van der Waals surface area contributed by atoms with Crippen LogP contribution in [0.4, 0.5) is 19.0 Å². The summed E-state index contributed by atoms with van der Waals surface area (Å²) in [5.74, 6) is -0.0524. The molecule has 1 aliphatic rings. The predicted molar refractivity (Wildman–Crippen MR) is 96.8 cm³/mol. The highest BCUT2D eigenvalue weighted by molar-refractivity contribution is 5.66. The molecule has 0 aliphatic carbocycles. The summed E-state index contributed by atoms with van der Waals surface area (Å²) in [5, 5.41) is 30.5. The third kappa shape index (κ3) is 4.68. The number of aliphatic hydroxyl groups is 1. The summed E-state index contributed by atoms with van der Waals surface area (Å²) in [6, 6.07) is 2.52. The van der Waals surface area contributed by atoms with Crippen molar-refractivity contribution in [3.05, 3.63) is 29.5 Å². The lowest BCUT2D eigenvalue weighted by Gasteiger charge is -2.32. The molecule has 7 nitrogen and oxygen atoms in total. The third-order valence-electron chi connectivity index (χ3n) is 4.68. The quantitative estimate of drug-likeness (QED) is 0.713. The summed E-state index contributed by atoms with van der Waals surface area (Å²) in [5.41, 5.74) is -0.218. The second-order valence-electron chi connectivity index (χ2n) is 6.86. The van der Waals surface area contributed by atoms with E-state index in [-0.39, 0.29) is 24.0 Å². The number of alkyl halides is 3. The lowest BCUT2D eigenvalue weighted by atomic mass is 10.1. The minimum Gasteiger partial charge on any atom is -0.506 e. The molecule has 2 aromatic heterocycles. The second-order valence-corrected chi connectivity index (χ2v) is 6.86. The number of aryl methyl sites for hydroxylation is 1. The minimum atomic E-state index is -4.58. The number of β-amino-alcohol motifs (C(OH)–C–C–N with tert-alkyl or cyclic N) is 1. The van der Waals surface area contributed by atoms with Gasteiger partial charge in [0.1, 0.15) is 23.0 Å². The predicted octanol–water partition coefficient (Wildman–Crippen LogP) is 2.44. The molecule has 0 amide bonds. The molecule has 0 saturated carbocycles. The van der Waals surface area contributed by atoms with Gasteiger partial charge >= 0.3 is 6.18 Å². The average Bonchev–Trinajstić information content (AvgIpc) is 2.62. The number of anilines is 1. The Morgan fingerprint density at radius 1 is 1.25 bits per heavy atom. The Labute approximate surface area is 160 Å². The first-order chi connectivity index (χ1) is 13.3. The Hall–Kier alpha value is -2.46. The molecule has 3 N–H and O–H groups in total. The van der Waals surface area contributed by atoms with Crippen molar-refractivity contribution in [2.24, 2.45) is 0 Å². The molecular formula is C18H22F3N5O2. The van der Waals surface area contributed by atoms with Crippen molar-refractivity contribution in [2.45, 2.75) is 32.0 Å². The smallest absolute Gasteiger partial charge is 0.418 e. The van der Waals surface area contributed by atoms with Crippen molar-refractivity contribution in [1.29, 1.82) is 0 Å². The molecule has 152 valence electrons. The van der Waals surface area contributed by atoms with Crippen molar-refractivity contribution in [2.75, 3.05) is 31.6 Å². The van der Waals surface area contributed by atoms with Crippen molar-refractivity contribution in [3.63, 3.8) is 0 Å². The van der Waals surface area contributed by atoms with Crippen molar-refractivity contribution < 1.29 is 23.4 Å².